The van der Waals surface area contributed by atoms with Gasteiger partial charge in [-0.05, 0) is 72.6 Å². The first kappa shape index (κ1) is 22.5. The van der Waals surface area contributed by atoms with Crippen LogP contribution in [0.2, 0.25) is 0 Å². The van der Waals surface area contributed by atoms with E-state index in [0.717, 1.165) is 27.7 Å². The number of hydrogen-bond acceptors (Lipinski definition) is 3. The van der Waals surface area contributed by atoms with Crippen molar-refractivity contribution in [2.24, 2.45) is 0 Å². The minimum Gasteiger partial charge on any atom is -0.495 e. The first-order valence-corrected chi connectivity index (χ1v) is 10.9. The number of pyridine rings is 1. The van der Waals surface area contributed by atoms with Gasteiger partial charge in [0.1, 0.15) is 11.6 Å². The molecule has 168 valence electrons. The van der Waals surface area contributed by atoms with Crippen molar-refractivity contribution in [3.05, 3.63) is 106 Å². The molecule has 0 unspecified atom stereocenters. The molecule has 0 aliphatic rings. The first-order chi connectivity index (χ1) is 15.9. The van der Waals surface area contributed by atoms with Crippen LogP contribution in [-0.4, -0.2) is 22.1 Å². The van der Waals surface area contributed by atoms with Gasteiger partial charge in [-0.2, -0.15) is 0 Å². The van der Waals surface area contributed by atoms with Crippen molar-refractivity contribution in [2.75, 3.05) is 12.4 Å². The zero-order valence-electron chi connectivity index (χ0n) is 18.4. The van der Waals surface area contributed by atoms with Gasteiger partial charge in [0.15, 0.2) is 5.11 Å². The number of aromatic amines is 1. The lowest BCUT2D eigenvalue weighted by molar-refractivity contribution is 0.407. The van der Waals surface area contributed by atoms with Gasteiger partial charge in [0.25, 0.3) is 5.56 Å². The molecule has 4 aromatic rings. The second kappa shape index (κ2) is 9.83. The molecule has 0 spiro atoms. The van der Waals surface area contributed by atoms with Crippen molar-refractivity contribution >= 4 is 33.9 Å². The highest BCUT2D eigenvalue weighted by Gasteiger charge is 2.16. The SMILES string of the molecule is COc1ccccc1NC(=S)N(Cc1ccc(F)cc1)Cc1cc2cc(C)ccc2[nH]c1=O. The van der Waals surface area contributed by atoms with Crippen molar-refractivity contribution in [3.8, 4) is 5.75 Å². The van der Waals surface area contributed by atoms with E-state index < -0.39 is 0 Å². The number of fused-ring (bicyclic) bond motifs is 1. The molecule has 1 aromatic heterocycles. The Kier molecular flexibility index (Phi) is 6.70. The quantitative estimate of drug-likeness (QED) is 0.378. The highest BCUT2D eigenvalue weighted by molar-refractivity contribution is 7.80. The number of rotatable bonds is 6. The highest BCUT2D eigenvalue weighted by atomic mass is 32.1. The lowest BCUT2D eigenvalue weighted by atomic mass is 10.1. The van der Waals surface area contributed by atoms with Crippen molar-refractivity contribution in [3.63, 3.8) is 0 Å². The molecule has 0 amide bonds. The molecule has 0 saturated heterocycles. The van der Waals surface area contributed by atoms with Crippen LogP contribution in [0.25, 0.3) is 10.9 Å². The number of anilines is 1. The van der Waals surface area contributed by atoms with Crippen molar-refractivity contribution < 1.29 is 9.13 Å². The van der Waals surface area contributed by atoms with Gasteiger partial charge in [-0.15, -0.1) is 0 Å². The number of para-hydroxylation sites is 2. The molecule has 0 aliphatic carbocycles. The Bertz CT molecular complexity index is 1350. The van der Waals surface area contributed by atoms with Crippen LogP contribution in [0.1, 0.15) is 16.7 Å². The molecule has 0 atom stereocenters. The minimum atomic E-state index is -0.304. The average molecular weight is 462 g/mol. The Morgan fingerprint density at radius 1 is 1.06 bits per heavy atom. The monoisotopic (exact) mass is 461 g/mol. The topological polar surface area (TPSA) is 57.4 Å². The number of benzene rings is 3. The van der Waals surface area contributed by atoms with Crippen molar-refractivity contribution in [1.82, 2.24) is 9.88 Å². The number of ether oxygens (including phenoxy) is 1. The van der Waals surface area contributed by atoms with Gasteiger partial charge in [-0.3, -0.25) is 4.79 Å². The molecule has 1 heterocycles. The third kappa shape index (κ3) is 5.38. The largest absolute Gasteiger partial charge is 0.495 e. The van der Waals surface area contributed by atoms with E-state index >= 15 is 0 Å². The fourth-order valence-corrected chi connectivity index (χ4v) is 3.89. The van der Waals surface area contributed by atoms with E-state index in [1.165, 1.54) is 12.1 Å². The molecule has 33 heavy (non-hydrogen) atoms. The third-order valence-corrected chi connectivity index (χ3v) is 5.72. The number of H-pyrrole nitrogens is 1. The third-order valence-electron chi connectivity index (χ3n) is 5.36. The Balaban J connectivity index is 1.67. The predicted octanol–water partition coefficient (Wildman–Crippen LogP) is 5.38. The first-order valence-electron chi connectivity index (χ1n) is 10.5. The van der Waals surface area contributed by atoms with E-state index in [4.69, 9.17) is 17.0 Å². The zero-order valence-corrected chi connectivity index (χ0v) is 19.2. The van der Waals surface area contributed by atoms with Gasteiger partial charge < -0.3 is 19.9 Å². The van der Waals surface area contributed by atoms with E-state index in [9.17, 15) is 9.18 Å². The summed E-state index contributed by atoms with van der Waals surface area (Å²) in [5.74, 6) is 0.349. The van der Waals surface area contributed by atoms with Crippen LogP contribution >= 0.6 is 12.2 Å². The van der Waals surface area contributed by atoms with E-state index in [2.05, 4.69) is 10.3 Å². The maximum Gasteiger partial charge on any atom is 0.253 e. The van der Waals surface area contributed by atoms with Crippen LogP contribution in [0, 0.1) is 12.7 Å². The summed E-state index contributed by atoms with van der Waals surface area (Å²) in [6, 6.07) is 21.5. The van der Waals surface area contributed by atoms with Crippen LogP contribution in [-0.2, 0) is 13.1 Å². The summed E-state index contributed by atoms with van der Waals surface area (Å²) in [4.78, 5) is 17.6. The van der Waals surface area contributed by atoms with E-state index in [0.29, 0.717) is 23.0 Å². The number of nitrogens with one attached hydrogen (secondary N) is 2. The molecule has 2 N–H and O–H groups in total. The Hall–Kier alpha value is -3.71. The molecule has 4 rings (SSSR count). The van der Waals surface area contributed by atoms with Gasteiger partial charge in [0.2, 0.25) is 0 Å². The number of methoxy groups -OCH3 is 1. The summed E-state index contributed by atoms with van der Waals surface area (Å²) in [5, 5.41) is 4.60. The van der Waals surface area contributed by atoms with E-state index in [1.54, 1.807) is 19.2 Å². The zero-order chi connectivity index (χ0) is 23.4. The minimum absolute atomic E-state index is 0.171. The molecule has 0 saturated carbocycles. The second-order valence-electron chi connectivity index (χ2n) is 7.83. The molecule has 7 heteroatoms. The maximum absolute atomic E-state index is 13.4. The number of hydrogen-bond donors (Lipinski definition) is 2. The Labute approximate surface area is 196 Å². The maximum atomic E-state index is 13.4. The Morgan fingerprint density at radius 2 is 1.82 bits per heavy atom. The highest BCUT2D eigenvalue weighted by Crippen LogP contribution is 2.24. The summed E-state index contributed by atoms with van der Waals surface area (Å²) in [6.07, 6.45) is 0. The summed E-state index contributed by atoms with van der Waals surface area (Å²) in [5.41, 5.74) is 3.90. The molecule has 5 nitrogen and oxygen atoms in total. The predicted molar refractivity (Wildman–Crippen MR) is 134 cm³/mol. The number of aryl methyl sites for hydroxylation is 1. The summed E-state index contributed by atoms with van der Waals surface area (Å²) >= 11 is 5.72. The van der Waals surface area contributed by atoms with Crippen LogP contribution in [0.3, 0.4) is 0 Å². The fraction of sp³-hybridized carbons (Fsp3) is 0.154. The fourth-order valence-electron chi connectivity index (χ4n) is 3.65. The lowest BCUT2D eigenvalue weighted by Crippen LogP contribution is -2.35. The van der Waals surface area contributed by atoms with Crippen LogP contribution in [0.4, 0.5) is 10.1 Å². The van der Waals surface area contributed by atoms with Crippen LogP contribution < -0.4 is 15.6 Å². The molecule has 0 aliphatic heterocycles. The molecule has 0 bridgehead atoms. The van der Waals surface area contributed by atoms with Gasteiger partial charge in [-0.1, -0.05) is 35.9 Å². The van der Waals surface area contributed by atoms with E-state index in [1.807, 2.05) is 60.4 Å². The number of nitrogens with zero attached hydrogens (tertiary/aromatic N) is 1. The number of thiocarbonyl (C=S) groups is 1. The molecule has 0 fully saturated rings. The second-order valence-corrected chi connectivity index (χ2v) is 8.21. The molecular weight excluding hydrogens is 437 g/mol. The lowest BCUT2D eigenvalue weighted by Gasteiger charge is -2.26. The summed E-state index contributed by atoms with van der Waals surface area (Å²) in [6.45, 7) is 2.68. The standard InChI is InChI=1S/C26H24FN3O2S/c1-17-7-12-22-19(13-17)14-20(25(31)28-22)16-30(15-18-8-10-21(27)11-9-18)26(33)29-23-5-3-4-6-24(23)32-2/h3-14H,15-16H2,1-2H3,(H,28,31)(H,29,33). The summed E-state index contributed by atoms with van der Waals surface area (Å²) in [7, 11) is 1.59. The molecular formula is C26H24FN3O2S. The number of halogens is 1. The van der Waals surface area contributed by atoms with Gasteiger partial charge in [0.05, 0.1) is 19.3 Å². The van der Waals surface area contributed by atoms with Crippen LogP contribution in [0.15, 0.2) is 77.6 Å². The van der Waals surface area contributed by atoms with E-state index in [-0.39, 0.29) is 17.9 Å². The molecule has 0 radical (unpaired) electrons. The average Bonchev–Trinajstić information content (AvgIpc) is 2.81. The van der Waals surface area contributed by atoms with Crippen molar-refractivity contribution in [1.29, 1.82) is 0 Å². The normalized spacial score (nSPS) is 10.8. The summed E-state index contributed by atoms with van der Waals surface area (Å²) < 4.78 is 18.8. The van der Waals surface area contributed by atoms with Crippen molar-refractivity contribution in [2.45, 2.75) is 20.0 Å². The smallest absolute Gasteiger partial charge is 0.253 e. The molecule has 3 aromatic carbocycles. The Morgan fingerprint density at radius 3 is 2.58 bits per heavy atom. The number of aromatic nitrogens is 1. The van der Waals surface area contributed by atoms with Gasteiger partial charge >= 0.3 is 0 Å². The van der Waals surface area contributed by atoms with Gasteiger partial charge in [0, 0.05) is 17.6 Å². The van der Waals surface area contributed by atoms with Crippen LogP contribution in [0.5, 0.6) is 5.75 Å². The van der Waals surface area contributed by atoms with Gasteiger partial charge in [-0.25, -0.2) is 4.39 Å².